The van der Waals surface area contributed by atoms with Crippen molar-refractivity contribution in [3.63, 3.8) is 0 Å². The largest absolute Gasteiger partial charge is 0.463 e. The van der Waals surface area contributed by atoms with Gasteiger partial charge in [-0.2, -0.15) is 22.0 Å². The van der Waals surface area contributed by atoms with Crippen LogP contribution in [-0.4, -0.2) is 23.0 Å². The number of alkyl halides is 5. The van der Waals surface area contributed by atoms with Gasteiger partial charge in [0.1, 0.15) is 0 Å². The van der Waals surface area contributed by atoms with Crippen molar-refractivity contribution in [2.45, 2.75) is 12.1 Å². The van der Waals surface area contributed by atoms with E-state index in [1.807, 2.05) is 0 Å². The maximum absolute atomic E-state index is 12.8. The predicted octanol–water partition coefficient (Wildman–Crippen LogP) is 3.48. The molecule has 0 unspecified atom stereocenters. The van der Waals surface area contributed by atoms with E-state index < -0.39 is 18.0 Å². The Kier molecular flexibility index (Phi) is 3.67. The Hall–Kier alpha value is -2.45. The topological polar surface area (TPSA) is 55.1 Å². The van der Waals surface area contributed by atoms with Crippen molar-refractivity contribution in [2.75, 3.05) is 5.32 Å². The first-order valence-corrected chi connectivity index (χ1v) is 5.47. The Morgan fingerprint density at radius 2 is 1.90 bits per heavy atom. The number of carbonyl (C=O) groups excluding carboxylic acids is 1. The standard InChI is InChI=1S/C12H7F5N2O2/c13-11(14,12(15,16)17)10(20)19-8-3-1-2-7(4-8)9-5-18-6-21-9/h1-6H,(H,19,20). The van der Waals surface area contributed by atoms with Crippen LogP contribution in [0.1, 0.15) is 0 Å². The molecule has 1 heterocycles. The van der Waals surface area contributed by atoms with Gasteiger partial charge in [-0.1, -0.05) is 12.1 Å². The molecule has 9 heteroatoms. The van der Waals surface area contributed by atoms with Crippen LogP contribution >= 0.6 is 0 Å². The molecule has 2 rings (SSSR count). The summed E-state index contributed by atoms with van der Waals surface area (Å²) in [6, 6.07) is 5.23. The first kappa shape index (κ1) is 14.9. The Morgan fingerprint density at radius 3 is 2.48 bits per heavy atom. The van der Waals surface area contributed by atoms with Gasteiger partial charge in [-0.05, 0) is 12.1 Å². The number of carbonyl (C=O) groups is 1. The van der Waals surface area contributed by atoms with E-state index in [0.717, 1.165) is 6.39 Å². The van der Waals surface area contributed by atoms with E-state index in [4.69, 9.17) is 4.42 Å². The van der Waals surface area contributed by atoms with E-state index in [2.05, 4.69) is 4.98 Å². The zero-order valence-electron chi connectivity index (χ0n) is 10.1. The average Bonchev–Trinajstić information content (AvgIpc) is 2.91. The second-order valence-electron chi connectivity index (χ2n) is 3.97. The number of amides is 1. The highest BCUT2D eigenvalue weighted by molar-refractivity contribution is 5.97. The number of aromatic nitrogens is 1. The molecule has 0 bridgehead atoms. The molecular weight excluding hydrogens is 299 g/mol. The second-order valence-corrected chi connectivity index (χ2v) is 3.97. The van der Waals surface area contributed by atoms with Gasteiger partial charge in [-0.25, -0.2) is 4.98 Å². The van der Waals surface area contributed by atoms with Crippen molar-refractivity contribution in [2.24, 2.45) is 0 Å². The zero-order valence-corrected chi connectivity index (χ0v) is 10.1. The quantitative estimate of drug-likeness (QED) is 0.883. The summed E-state index contributed by atoms with van der Waals surface area (Å²) < 4.78 is 66.8. The van der Waals surface area contributed by atoms with E-state index in [9.17, 15) is 26.7 Å². The van der Waals surface area contributed by atoms with Crippen molar-refractivity contribution >= 4 is 11.6 Å². The Morgan fingerprint density at radius 1 is 1.19 bits per heavy atom. The summed E-state index contributed by atoms with van der Waals surface area (Å²) >= 11 is 0. The maximum atomic E-state index is 12.8. The van der Waals surface area contributed by atoms with E-state index in [1.165, 1.54) is 35.8 Å². The van der Waals surface area contributed by atoms with Gasteiger partial charge in [0.05, 0.1) is 6.20 Å². The van der Waals surface area contributed by atoms with Gasteiger partial charge in [0.25, 0.3) is 0 Å². The number of benzene rings is 1. The van der Waals surface area contributed by atoms with Crippen LogP contribution in [0.3, 0.4) is 0 Å². The molecule has 0 saturated heterocycles. The summed E-state index contributed by atoms with van der Waals surface area (Å²) in [5, 5.41) is 1.52. The Labute approximate surface area is 114 Å². The fourth-order valence-corrected chi connectivity index (χ4v) is 1.45. The van der Waals surface area contributed by atoms with Crippen molar-refractivity contribution in [3.8, 4) is 11.3 Å². The summed E-state index contributed by atoms with van der Waals surface area (Å²) in [5.41, 5.74) is 0.137. The number of anilines is 1. The van der Waals surface area contributed by atoms with Crippen molar-refractivity contribution in [3.05, 3.63) is 36.9 Å². The van der Waals surface area contributed by atoms with Crippen LogP contribution in [0.15, 0.2) is 41.3 Å². The normalized spacial score (nSPS) is 12.2. The van der Waals surface area contributed by atoms with Gasteiger partial charge in [0, 0.05) is 11.3 Å². The Bertz CT molecular complexity index is 637. The number of oxazole rings is 1. The minimum Gasteiger partial charge on any atom is -0.444 e. The molecule has 1 aromatic heterocycles. The summed E-state index contributed by atoms with van der Waals surface area (Å²) in [6.45, 7) is 0. The lowest BCUT2D eigenvalue weighted by Gasteiger charge is -2.18. The molecule has 0 aliphatic carbocycles. The predicted molar refractivity (Wildman–Crippen MR) is 61.6 cm³/mol. The number of halogens is 5. The molecule has 21 heavy (non-hydrogen) atoms. The minimum absolute atomic E-state index is 0.224. The number of rotatable bonds is 3. The third-order valence-electron chi connectivity index (χ3n) is 2.48. The lowest BCUT2D eigenvalue weighted by molar-refractivity contribution is -0.267. The third kappa shape index (κ3) is 3.01. The highest BCUT2D eigenvalue weighted by atomic mass is 19.4. The first-order valence-electron chi connectivity index (χ1n) is 5.47. The van der Waals surface area contributed by atoms with Gasteiger partial charge in [0.15, 0.2) is 12.2 Å². The Balaban J connectivity index is 2.21. The average molecular weight is 306 g/mol. The third-order valence-corrected chi connectivity index (χ3v) is 2.48. The second kappa shape index (κ2) is 5.15. The van der Waals surface area contributed by atoms with Crippen LogP contribution in [0.2, 0.25) is 0 Å². The number of nitrogens with one attached hydrogen (secondary N) is 1. The van der Waals surface area contributed by atoms with Gasteiger partial charge in [-0.3, -0.25) is 4.79 Å². The van der Waals surface area contributed by atoms with Gasteiger partial charge < -0.3 is 9.73 Å². The highest BCUT2D eigenvalue weighted by Gasteiger charge is 2.63. The van der Waals surface area contributed by atoms with Gasteiger partial charge in [0.2, 0.25) is 0 Å². The molecule has 1 N–H and O–H groups in total. The monoisotopic (exact) mass is 306 g/mol. The van der Waals surface area contributed by atoms with Gasteiger partial charge >= 0.3 is 18.0 Å². The molecule has 0 spiro atoms. The minimum atomic E-state index is -5.96. The van der Waals surface area contributed by atoms with E-state index in [1.54, 1.807) is 0 Å². The molecule has 112 valence electrons. The number of nitrogens with zero attached hydrogens (tertiary/aromatic N) is 1. The van der Waals surface area contributed by atoms with E-state index >= 15 is 0 Å². The molecule has 0 aliphatic heterocycles. The molecule has 4 nitrogen and oxygen atoms in total. The lowest BCUT2D eigenvalue weighted by Crippen LogP contribution is -2.47. The summed E-state index contributed by atoms with van der Waals surface area (Å²) in [7, 11) is 0. The SMILES string of the molecule is O=C(Nc1cccc(-c2cnco2)c1)C(F)(F)C(F)(F)F. The smallest absolute Gasteiger partial charge is 0.444 e. The van der Waals surface area contributed by atoms with Crippen LogP contribution in [0, 0.1) is 0 Å². The molecule has 0 saturated carbocycles. The van der Waals surface area contributed by atoms with Gasteiger partial charge in [-0.15, -0.1) is 0 Å². The van der Waals surface area contributed by atoms with E-state index in [-0.39, 0.29) is 11.4 Å². The highest BCUT2D eigenvalue weighted by Crippen LogP contribution is 2.36. The molecule has 2 aromatic rings. The summed E-state index contributed by atoms with van der Waals surface area (Å²) in [6.07, 6.45) is -3.51. The fourth-order valence-electron chi connectivity index (χ4n) is 1.45. The fraction of sp³-hybridized carbons (Fsp3) is 0.167. The van der Waals surface area contributed by atoms with Crippen LogP contribution in [0.5, 0.6) is 0 Å². The van der Waals surface area contributed by atoms with Crippen LogP contribution in [0.4, 0.5) is 27.6 Å². The van der Waals surface area contributed by atoms with Crippen LogP contribution < -0.4 is 5.32 Å². The molecule has 0 atom stereocenters. The number of hydrogen-bond acceptors (Lipinski definition) is 3. The van der Waals surface area contributed by atoms with Crippen LogP contribution in [0.25, 0.3) is 11.3 Å². The molecule has 0 aliphatic rings. The summed E-state index contributed by atoms with van der Waals surface area (Å²) in [4.78, 5) is 14.7. The number of hydrogen-bond donors (Lipinski definition) is 1. The van der Waals surface area contributed by atoms with Crippen molar-refractivity contribution in [1.82, 2.24) is 4.98 Å². The van der Waals surface area contributed by atoms with Crippen LogP contribution in [-0.2, 0) is 4.79 Å². The summed E-state index contributed by atoms with van der Waals surface area (Å²) in [5.74, 6) is -7.66. The maximum Gasteiger partial charge on any atom is 0.463 e. The molecule has 0 fully saturated rings. The van der Waals surface area contributed by atoms with Crippen molar-refractivity contribution in [1.29, 1.82) is 0 Å². The molecule has 1 aromatic carbocycles. The molecule has 1 amide bonds. The zero-order chi connectivity index (χ0) is 15.7. The van der Waals surface area contributed by atoms with E-state index in [0.29, 0.717) is 5.56 Å². The first-order chi connectivity index (χ1) is 9.72. The lowest BCUT2D eigenvalue weighted by atomic mass is 10.1. The molecule has 0 radical (unpaired) electrons. The van der Waals surface area contributed by atoms with Crippen molar-refractivity contribution < 1.29 is 31.2 Å². The molecular formula is C12H7F5N2O2.